The number of aliphatic hydroxyl groups excluding tert-OH is 1. The summed E-state index contributed by atoms with van der Waals surface area (Å²) in [4.78, 5) is 12.2. The SMILES string of the molecule is O[C@@H]1C[C@@H]2CN(Cc3cccnc3)CC3(CN(C4CCC4)C3)N2C1. The number of likely N-dealkylation sites (tertiary alicyclic amines) is 1. The molecule has 0 radical (unpaired) electrons. The standard InChI is InChI=1S/C19H28N4O/c24-18-7-17-10-21(9-15-3-2-6-20-8-15)12-19(23(17)11-18)13-22(14-19)16-4-1-5-16/h2-3,6,8,16-18,24H,1,4-5,7,9-14H2/t17-,18-/m1/s1. The largest absolute Gasteiger partial charge is 0.392 e. The predicted octanol–water partition coefficient (Wildman–Crippen LogP) is 0.939. The molecule has 1 aromatic heterocycles. The summed E-state index contributed by atoms with van der Waals surface area (Å²) in [6.07, 6.45) is 8.83. The predicted molar refractivity (Wildman–Crippen MR) is 92.6 cm³/mol. The van der Waals surface area contributed by atoms with Crippen LogP contribution in [0.25, 0.3) is 0 Å². The van der Waals surface area contributed by atoms with E-state index in [9.17, 15) is 5.11 Å². The second-order valence-electron chi connectivity index (χ2n) is 8.44. The second kappa shape index (κ2) is 5.77. The first kappa shape index (κ1) is 15.3. The molecule has 0 aromatic carbocycles. The van der Waals surface area contributed by atoms with Crippen molar-refractivity contribution in [3.63, 3.8) is 0 Å². The van der Waals surface area contributed by atoms with E-state index in [4.69, 9.17) is 0 Å². The summed E-state index contributed by atoms with van der Waals surface area (Å²) in [5.41, 5.74) is 1.58. The number of rotatable bonds is 3. The number of pyridine rings is 1. The van der Waals surface area contributed by atoms with Crippen LogP contribution >= 0.6 is 0 Å². The van der Waals surface area contributed by atoms with Gasteiger partial charge in [-0.05, 0) is 30.9 Å². The zero-order valence-electron chi connectivity index (χ0n) is 14.3. The average molecular weight is 328 g/mol. The Bertz CT molecular complexity index is 584. The molecule has 1 N–H and O–H groups in total. The fourth-order valence-corrected chi connectivity index (χ4v) is 5.39. The van der Waals surface area contributed by atoms with Gasteiger partial charge in [-0.1, -0.05) is 12.5 Å². The highest BCUT2D eigenvalue weighted by Gasteiger charge is 2.57. The van der Waals surface area contributed by atoms with Crippen LogP contribution in [0, 0.1) is 0 Å². The van der Waals surface area contributed by atoms with Gasteiger partial charge < -0.3 is 5.11 Å². The smallest absolute Gasteiger partial charge is 0.0682 e. The molecule has 2 atom stereocenters. The highest BCUT2D eigenvalue weighted by atomic mass is 16.3. The van der Waals surface area contributed by atoms with Crippen molar-refractivity contribution in [3.8, 4) is 0 Å². The van der Waals surface area contributed by atoms with E-state index in [2.05, 4.69) is 25.8 Å². The van der Waals surface area contributed by atoms with Gasteiger partial charge in [0.05, 0.1) is 11.6 Å². The highest BCUT2D eigenvalue weighted by molar-refractivity contribution is 5.16. The van der Waals surface area contributed by atoms with Crippen LogP contribution in [-0.4, -0.2) is 81.2 Å². The van der Waals surface area contributed by atoms with Gasteiger partial charge in [-0.25, -0.2) is 0 Å². The van der Waals surface area contributed by atoms with Gasteiger partial charge in [0.25, 0.3) is 0 Å². The Morgan fingerprint density at radius 2 is 2.04 bits per heavy atom. The Morgan fingerprint density at radius 1 is 1.17 bits per heavy atom. The first-order chi connectivity index (χ1) is 11.7. The van der Waals surface area contributed by atoms with Crippen molar-refractivity contribution >= 4 is 0 Å². The maximum absolute atomic E-state index is 10.2. The van der Waals surface area contributed by atoms with Crippen molar-refractivity contribution in [2.24, 2.45) is 0 Å². The van der Waals surface area contributed by atoms with E-state index in [0.29, 0.717) is 6.04 Å². The molecule has 1 aliphatic carbocycles. The molecule has 0 bridgehead atoms. The minimum atomic E-state index is -0.136. The quantitative estimate of drug-likeness (QED) is 0.894. The van der Waals surface area contributed by atoms with Crippen LogP contribution in [0.4, 0.5) is 0 Å². The summed E-state index contributed by atoms with van der Waals surface area (Å²) in [5, 5.41) is 10.2. The summed E-state index contributed by atoms with van der Waals surface area (Å²) in [6, 6.07) is 5.57. The monoisotopic (exact) mass is 328 g/mol. The van der Waals surface area contributed by atoms with Crippen LogP contribution in [0.1, 0.15) is 31.2 Å². The molecule has 1 aromatic rings. The summed E-state index contributed by atoms with van der Waals surface area (Å²) in [5.74, 6) is 0. The molecule has 24 heavy (non-hydrogen) atoms. The van der Waals surface area contributed by atoms with E-state index in [1.54, 1.807) is 0 Å². The van der Waals surface area contributed by atoms with E-state index in [0.717, 1.165) is 38.6 Å². The van der Waals surface area contributed by atoms with E-state index in [-0.39, 0.29) is 11.6 Å². The van der Waals surface area contributed by atoms with Crippen LogP contribution in [0.5, 0.6) is 0 Å². The Morgan fingerprint density at radius 3 is 2.75 bits per heavy atom. The number of β-amino-alcohol motifs (C(OH)–C–C–N with tert-alkyl or cyclic N) is 1. The lowest BCUT2D eigenvalue weighted by atomic mass is 9.79. The number of hydrogen-bond acceptors (Lipinski definition) is 5. The molecular weight excluding hydrogens is 300 g/mol. The molecule has 1 spiro atoms. The van der Waals surface area contributed by atoms with E-state index in [1.807, 2.05) is 18.5 Å². The molecule has 5 heteroatoms. The maximum atomic E-state index is 10.2. The molecule has 1 saturated carbocycles. The van der Waals surface area contributed by atoms with Crippen molar-refractivity contribution in [3.05, 3.63) is 30.1 Å². The summed E-state index contributed by atoms with van der Waals surface area (Å²) >= 11 is 0. The normalized spacial score (nSPS) is 34.0. The lowest BCUT2D eigenvalue weighted by Gasteiger charge is -2.63. The van der Waals surface area contributed by atoms with Gasteiger partial charge in [-0.3, -0.25) is 19.7 Å². The third kappa shape index (κ3) is 2.49. The van der Waals surface area contributed by atoms with Crippen molar-refractivity contribution < 1.29 is 5.11 Å². The molecular formula is C19H28N4O. The summed E-state index contributed by atoms with van der Waals surface area (Å²) in [6.45, 7) is 6.48. The Hall–Kier alpha value is -1.01. The first-order valence-electron chi connectivity index (χ1n) is 9.52. The lowest BCUT2D eigenvalue weighted by molar-refractivity contribution is -0.136. The number of piperazine rings is 1. The molecule has 5 rings (SSSR count). The van der Waals surface area contributed by atoms with Crippen molar-refractivity contribution in [2.75, 3.05) is 32.7 Å². The summed E-state index contributed by atoms with van der Waals surface area (Å²) < 4.78 is 0. The number of aliphatic hydroxyl groups is 1. The van der Waals surface area contributed by atoms with E-state index < -0.39 is 0 Å². The zero-order valence-corrected chi connectivity index (χ0v) is 14.3. The van der Waals surface area contributed by atoms with Crippen LogP contribution in [0.2, 0.25) is 0 Å². The minimum Gasteiger partial charge on any atom is -0.392 e. The number of hydrogen-bond donors (Lipinski definition) is 1. The van der Waals surface area contributed by atoms with Crippen LogP contribution in [-0.2, 0) is 6.54 Å². The molecule has 3 aliphatic heterocycles. The zero-order chi connectivity index (χ0) is 16.1. The van der Waals surface area contributed by atoms with Gasteiger partial charge in [-0.15, -0.1) is 0 Å². The van der Waals surface area contributed by atoms with Crippen molar-refractivity contribution in [1.29, 1.82) is 0 Å². The molecule has 3 saturated heterocycles. The van der Waals surface area contributed by atoms with Gasteiger partial charge >= 0.3 is 0 Å². The fraction of sp³-hybridized carbons (Fsp3) is 0.737. The lowest BCUT2D eigenvalue weighted by Crippen LogP contribution is -2.79. The number of nitrogens with zero attached hydrogens (tertiary/aromatic N) is 4. The number of fused-ring (bicyclic) bond motifs is 2. The Kier molecular flexibility index (Phi) is 3.67. The third-order valence-corrected chi connectivity index (χ3v) is 6.70. The van der Waals surface area contributed by atoms with Crippen LogP contribution < -0.4 is 0 Å². The minimum absolute atomic E-state index is 0.136. The highest BCUT2D eigenvalue weighted by Crippen LogP contribution is 2.42. The molecule has 5 nitrogen and oxygen atoms in total. The molecule has 4 heterocycles. The number of aromatic nitrogens is 1. The van der Waals surface area contributed by atoms with Crippen LogP contribution in [0.15, 0.2) is 24.5 Å². The first-order valence-corrected chi connectivity index (χ1v) is 9.52. The van der Waals surface area contributed by atoms with Gasteiger partial charge in [0.2, 0.25) is 0 Å². The molecule has 0 unspecified atom stereocenters. The van der Waals surface area contributed by atoms with Gasteiger partial charge in [0, 0.05) is 63.7 Å². The Labute approximate surface area is 144 Å². The third-order valence-electron chi connectivity index (χ3n) is 6.70. The van der Waals surface area contributed by atoms with Gasteiger partial charge in [0.15, 0.2) is 0 Å². The second-order valence-corrected chi connectivity index (χ2v) is 8.44. The van der Waals surface area contributed by atoms with Crippen molar-refractivity contribution in [1.82, 2.24) is 19.7 Å². The molecule has 0 amide bonds. The topological polar surface area (TPSA) is 42.8 Å². The van der Waals surface area contributed by atoms with Gasteiger partial charge in [0.1, 0.15) is 0 Å². The van der Waals surface area contributed by atoms with Gasteiger partial charge in [-0.2, -0.15) is 0 Å². The molecule has 4 fully saturated rings. The maximum Gasteiger partial charge on any atom is 0.0682 e. The van der Waals surface area contributed by atoms with Crippen LogP contribution in [0.3, 0.4) is 0 Å². The van der Waals surface area contributed by atoms with E-state index in [1.165, 1.54) is 37.9 Å². The Balaban J connectivity index is 1.32. The molecule has 130 valence electrons. The van der Waals surface area contributed by atoms with Crippen molar-refractivity contribution in [2.45, 2.75) is 56.0 Å². The molecule has 4 aliphatic rings. The van der Waals surface area contributed by atoms with E-state index >= 15 is 0 Å². The fourth-order valence-electron chi connectivity index (χ4n) is 5.39. The average Bonchev–Trinajstić information content (AvgIpc) is 2.85. The summed E-state index contributed by atoms with van der Waals surface area (Å²) in [7, 11) is 0.